The highest BCUT2D eigenvalue weighted by Gasteiger charge is 2.33. The second-order valence-corrected chi connectivity index (χ2v) is 8.09. The monoisotopic (exact) mass is 463 g/mol. The van der Waals surface area contributed by atoms with Gasteiger partial charge in [-0.1, -0.05) is 35.9 Å². The lowest BCUT2D eigenvalue weighted by molar-refractivity contribution is -0.137. The summed E-state index contributed by atoms with van der Waals surface area (Å²) in [6, 6.07) is 13.5. The lowest BCUT2D eigenvalue weighted by Gasteiger charge is -2.13. The molecule has 0 unspecified atom stereocenters. The molecule has 0 aliphatic rings. The van der Waals surface area contributed by atoms with Gasteiger partial charge in [0, 0.05) is 9.90 Å². The average Bonchev–Trinajstić information content (AvgIpc) is 3.15. The predicted molar refractivity (Wildman–Crippen MR) is 114 cm³/mol. The molecule has 2 heterocycles. The van der Waals surface area contributed by atoms with E-state index in [0.29, 0.717) is 15.2 Å². The normalized spacial score (nSPS) is 11.6. The second-order valence-electron chi connectivity index (χ2n) is 6.60. The van der Waals surface area contributed by atoms with E-state index in [1.54, 1.807) is 18.2 Å². The summed E-state index contributed by atoms with van der Waals surface area (Å²) < 4.78 is 40.7. The Kier molecular flexibility index (Phi) is 5.55. The molecule has 158 valence electrons. The number of para-hydroxylation sites is 1. The van der Waals surface area contributed by atoms with E-state index in [9.17, 15) is 22.8 Å². The molecule has 31 heavy (non-hydrogen) atoms. The van der Waals surface area contributed by atoms with Crippen molar-refractivity contribution in [2.75, 3.05) is 5.32 Å². The maximum Gasteiger partial charge on any atom is 0.418 e. The molecule has 0 aliphatic heterocycles. The SMILES string of the molecule is O=C(Cn1cnc2cc(-c3ccc(Cl)cc3)sc2c1=O)Nc1ccccc1C(F)(F)F. The molecule has 0 fully saturated rings. The third-order valence-corrected chi connectivity index (χ3v) is 5.87. The highest BCUT2D eigenvalue weighted by molar-refractivity contribution is 7.22. The molecule has 0 bridgehead atoms. The molecule has 0 radical (unpaired) electrons. The van der Waals surface area contributed by atoms with Gasteiger partial charge in [0.25, 0.3) is 5.56 Å². The molecule has 4 rings (SSSR count). The van der Waals surface area contributed by atoms with Crippen LogP contribution in [0.1, 0.15) is 5.56 Å². The van der Waals surface area contributed by atoms with Crippen molar-refractivity contribution >= 4 is 44.7 Å². The number of carbonyl (C=O) groups excluding carboxylic acids is 1. The Bertz CT molecular complexity index is 1330. The van der Waals surface area contributed by atoms with Gasteiger partial charge in [-0.2, -0.15) is 13.2 Å². The fourth-order valence-corrected chi connectivity index (χ4v) is 4.19. The van der Waals surface area contributed by atoms with Gasteiger partial charge < -0.3 is 5.32 Å². The van der Waals surface area contributed by atoms with Gasteiger partial charge in [0.05, 0.1) is 23.1 Å². The largest absolute Gasteiger partial charge is 0.418 e. The summed E-state index contributed by atoms with van der Waals surface area (Å²) in [5, 5.41) is 2.81. The molecular formula is C21H13ClF3N3O2S. The van der Waals surface area contributed by atoms with Gasteiger partial charge in [0.15, 0.2) is 0 Å². The number of hydrogen-bond donors (Lipinski definition) is 1. The van der Waals surface area contributed by atoms with Gasteiger partial charge in [-0.05, 0) is 35.9 Å². The number of hydrogen-bond acceptors (Lipinski definition) is 4. The first-order valence-electron chi connectivity index (χ1n) is 8.93. The Labute approximate surface area is 182 Å². The summed E-state index contributed by atoms with van der Waals surface area (Å²) in [7, 11) is 0. The summed E-state index contributed by atoms with van der Waals surface area (Å²) in [5.41, 5.74) is -0.452. The molecule has 2 aromatic carbocycles. The molecule has 1 amide bonds. The van der Waals surface area contributed by atoms with Crippen LogP contribution in [0.2, 0.25) is 5.02 Å². The summed E-state index contributed by atoms with van der Waals surface area (Å²) in [6.07, 6.45) is -3.41. The Morgan fingerprint density at radius 2 is 1.84 bits per heavy atom. The van der Waals surface area contributed by atoms with Gasteiger partial charge in [0.2, 0.25) is 5.91 Å². The van der Waals surface area contributed by atoms with Crippen LogP contribution in [-0.2, 0) is 17.5 Å². The van der Waals surface area contributed by atoms with Crippen LogP contribution >= 0.6 is 22.9 Å². The number of nitrogens with one attached hydrogen (secondary N) is 1. The summed E-state index contributed by atoms with van der Waals surface area (Å²) in [6.45, 7) is -0.470. The minimum atomic E-state index is -4.61. The topological polar surface area (TPSA) is 64.0 Å². The number of rotatable bonds is 4. The minimum absolute atomic E-state index is 0.343. The average molecular weight is 464 g/mol. The standard InChI is InChI=1S/C21H13ClF3N3O2S/c22-13-7-5-12(6-8-13)17-9-16-19(31-17)20(30)28(11-26-16)10-18(29)27-15-4-2-1-3-14(15)21(23,24)25/h1-9,11H,10H2,(H,27,29). The van der Waals surface area contributed by atoms with E-state index < -0.39 is 29.8 Å². The summed E-state index contributed by atoms with van der Waals surface area (Å²) in [5.74, 6) is -0.769. The Morgan fingerprint density at radius 1 is 1.13 bits per heavy atom. The molecule has 0 aliphatic carbocycles. The number of thiophene rings is 1. The number of alkyl halides is 3. The van der Waals surface area contributed by atoms with E-state index in [1.807, 2.05) is 12.1 Å². The van der Waals surface area contributed by atoms with Crippen molar-refractivity contribution in [2.45, 2.75) is 12.7 Å². The third kappa shape index (κ3) is 4.47. The molecule has 1 N–H and O–H groups in total. The van der Waals surface area contributed by atoms with Crippen LogP contribution in [-0.4, -0.2) is 15.5 Å². The van der Waals surface area contributed by atoms with Crippen molar-refractivity contribution < 1.29 is 18.0 Å². The number of nitrogens with zero attached hydrogens (tertiary/aromatic N) is 2. The van der Waals surface area contributed by atoms with E-state index in [4.69, 9.17) is 11.6 Å². The number of halogens is 4. The first kappa shape index (κ1) is 21.1. The third-order valence-electron chi connectivity index (χ3n) is 4.45. The van der Waals surface area contributed by atoms with Gasteiger partial charge in [-0.15, -0.1) is 11.3 Å². The zero-order valence-electron chi connectivity index (χ0n) is 15.6. The van der Waals surface area contributed by atoms with Crippen LogP contribution < -0.4 is 10.9 Å². The quantitative estimate of drug-likeness (QED) is 0.438. The number of amides is 1. The molecule has 0 saturated heterocycles. The van der Waals surface area contributed by atoms with Crippen LogP contribution in [0.15, 0.2) is 65.7 Å². The van der Waals surface area contributed by atoms with Crippen LogP contribution in [0, 0.1) is 0 Å². The van der Waals surface area contributed by atoms with Crippen molar-refractivity contribution in [3.8, 4) is 10.4 Å². The van der Waals surface area contributed by atoms with E-state index in [1.165, 1.54) is 29.8 Å². The zero-order chi connectivity index (χ0) is 22.2. The number of aromatic nitrogens is 2. The Balaban J connectivity index is 1.59. The first-order valence-corrected chi connectivity index (χ1v) is 10.1. The van der Waals surface area contributed by atoms with Crippen LogP contribution in [0.3, 0.4) is 0 Å². The highest BCUT2D eigenvalue weighted by atomic mass is 35.5. The van der Waals surface area contributed by atoms with Crippen molar-refractivity contribution in [1.82, 2.24) is 9.55 Å². The summed E-state index contributed by atoms with van der Waals surface area (Å²) in [4.78, 5) is 30.1. The lowest BCUT2D eigenvalue weighted by Crippen LogP contribution is -2.28. The minimum Gasteiger partial charge on any atom is -0.324 e. The lowest BCUT2D eigenvalue weighted by atomic mass is 10.1. The van der Waals surface area contributed by atoms with Crippen LogP contribution in [0.4, 0.5) is 18.9 Å². The van der Waals surface area contributed by atoms with E-state index in [2.05, 4.69) is 10.3 Å². The Hall–Kier alpha value is -3.17. The van der Waals surface area contributed by atoms with Gasteiger partial charge >= 0.3 is 6.18 Å². The predicted octanol–water partition coefficient (Wildman–Crippen LogP) is 5.44. The van der Waals surface area contributed by atoms with Crippen LogP contribution in [0.5, 0.6) is 0 Å². The number of carbonyl (C=O) groups is 1. The molecule has 10 heteroatoms. The molecule has 2 aromatic heterocycles. The summed E-state index contributed by atoms with van der Waals surface area (Å²) >= 11 is 7.12. The smallest absolute Gasteiger partial charge is 0.324 e. The molecule has 0 spiro atoms. The van der Waals surface area contributed by atoms with Gasteiger partial charge in [0.1, 0.15) is 11.2 Å². The van der Waals surface area contributed by atoms with E-state index in [0.717, 1.165) is 27.1 Å². The zero-order valence-corrected chi connectivity index (χ0v) is 17.2. The molecular weight excluding hydrogens is 451 g/mol. The molecule has 0 saturated carbocycles. The number of benzene rings is 2. The molecule has 0 atom stereocenters. The number of fused-ring (bicyclic) bond motifs is 1. The van der Waals surface area contributed by atoms with Crippen molar-refractivity contribution in [3.05, 3.63) is 81.9 Å². The highest BCUT2D eigenvalue weighted by Crippen LogP contribution is 2.34. The second kappa shape index (κ2) is 8.16. The first-order chi connectivity index (χ1) is 14.7. The Morgan fingerprint density at radius 3 is 2.55 bits per heavy atom. The number of anilines is 1. The van der Waals surface area contributed by atoms with Crippen molar-refractivity contribution in [2.24, 2.45) is 0 Å². The fourth-order valence-electron chi connectivity index (χ4n) is 3.00. The van der Waals surface area contributed by atoms with Crippen LogP contribution in [0.25, 0.3) is 20.7 Å². The van der Waals surface area contributed by atoms with Gasteiger partial charge in [-0.3, -0.25) is 14.2 Å². The van der Waals surface area contributed by atoms with Gasteiger partial charge in [-0.25, -0.2) is 4.98 Å². The fraction of sp³-hybridized carbons (Fsp3) is 0.0952. The van der Waals surface area contributed by atoms with Crippen molar-refractivity contribution in [1.29, 1.82) is 0 Å². The van der Waals surface area contributed by atoms with E-state index >= 15 is 0 Å². The van der Waals surface area contributed by atoms with Crippen molar-refractivity contribution in [3.63, 3.8) is 0 Å². The molecule has 4 aromatic rings. The maximum atomic E-state index is 13.1. The maximum absolute atomic E-state index is 13.1. The van der Waals surface area contributed by atoms with E-state index in [-0.39, 0.29) is 5.69 Å². The molecule has 5 nitrogen and oxygen atoms in total.